The Morgan fingerprint density at radius 2 is 1.90 bits per heavy atom. The van der Waals surface area contributed by atoms with Gasteiger partial charge in [-0.15, -0.1) is 0 Å². The molecule has 114 valence electrons. The van der Waals surface area contributed by atoms with Gasteiger partial charge in [0.05, 0.1) is 22.0 Å². The van der Waals surface area contributed by atoms with E-state index in [9.17, 15) is 8.42 Å². The SMILES string of the molecule is CCCc1nn(C)c(C)c1NS(=O)(=O)c1ccc(Br)cc1. The molecule has 0 aliphatic heterocycles. The summed E-state index contributed by atoms with van der Waals surface area (Å²) in [4.78, 5) is 0.233. The Balaban J connectivity index is 2.39. The predicted octanol–water partition coefficient (Wildman–Crippen LogP) is 3.24. The highest BCUT2D eigenvalue weighted by molar-refractivity contribution is 9.10. The molecule has 2 aromatic rings. The summed E-state index contributed by atoms with van der Waals surface area (Å²) in [5.41, 5.74) is 2.17. The molecule has 1 aromatic carbocycles. The number of aromatic nitrogens is 2. The average molecular weight is 372 g/mol. The molecule has 2 rings (SSSR count). The number of sulfonamides is 1. The van der Waals surface area contributed by atoms with Crippen molar-refractivity contribution >= 4 is 31.6 Å². The number of halogens is 1. The Bertz CT molecular complexity index is 736. The van der Waals surface area contributed by atoms with E-state index in [2.05, 4.69) is 25.8 Å². The van der Waals surface area contributed by atoms with Gasteiger partial charge in [-0.25, -0.2) is 8.42 Å². The number of hydrogen-bond donors (Lipinski definition) is 1. The van der Waals surface area contributed by atoms with Gasteiger partial charge in [0.2, 0.25) is 0 Å². The van der Waals surface area contributed by atoms with Crippen LogP contribution in [0.2, 0.25) is 0 Å². The molecule has 0 aliphatic carbocycles. The van der Waals surface area contributed by atoms with Crippen molar-refractivity contribution < 1.29 is 8.42 Å². The normalized spacial score (nSPS) is 11.6. The van der Waals surface area contributed by atoms with E-state index in [1.165, 1.54) is 0 Å². The Morgan fingerprint density at radius 1 is 1.29 bits per heavy atom. The van der Waals surface area contributed by atoms with Gasteiger partial charge in [0.1, 0.15) is 0 Å². The lowest BCUT2D eigenvalue weighted by atomic mass is 10.2. The zero-order chi connectivity index (χ0) is 15.6. The quantitative estimate of drug-likeness (QED) is 0.877. The van der Waals surface area contributed by atoms with E-state index in [0.717, 1.165) is 28.7 Å². The number of anilines is 1. The third-order valence-corrected chi connectivity index (χ3v) is 5.15. The smallest absolute Gasteiger partial charge is 0.262 e. The molecule has 0 atom stereocenters. The molecule has 5 nitrogen and oxygen atoms in total. The second-order valence-electron chi connectivity index (χ2n) is 4.84. The van der Waals surface area contributed by atoms with E-state index in [1.54, 1.807) is 28.9 Å². The molecule has 0 radical (unpaired) electrons. The van der Waals surface area contributed by atoms with Gasteiger partial charge in [0.15, 0.2) is 0 Å². The molecule has 0 fully saturated rings. The molecule has 7 heteroatoms. The maximum Gasteiger partial charge on any atom is 0.262 e. The van der Waals surface area contributed by atoms with Crippen LogP contribution in [0.3, 0.4) is 0 Å². The van der Waals surface area contributed by atoms with Gasteiger partial charge in [0.25, 0.3) is 10.0 Å². The highest BCUT2D eigenvalue weighted by Gasteiger charge is 2.20. The lowest BCUT2D eigenvalue weighted by molar-refractivity contribution is 0.601. The molecule has 0 saturated heterocycles. The summed E-state index contributed by atoms with van der Waals surface area (Å²) in [7, 11) is -1.79. The average Bonchev–Trinajstić information content (AvgIpc) is 2.67. The summed E-state index contributed by atoms with van der Waals surface area (Å²) < 4.78 is 30.1. The van der Waals surface area contributed by atoms with Crippen LogP contribution in [0.4, 0.5) is 5.69 Å². The highest BCUT2D eigenvalue weighted by atomic mass is 79.9. The van der Waals surface area contributed by atoms with Crippen LogP contribution in [0.25, 0.3) is 0 Å². The zero-order valence-corrected chi connectivity index (χ0v) is 14.6. The fourth-order valence-corrected chi connectivity index (χ4v) is 3.44. The Hall–Kier alpha value is -1.34. The van der Waals surface area contributed by atoms with Gasteiger partial charge in [-0.2, -0.15) is 5.10 Å². The van der Waals surface area contributed by atoms with E-state index < -0.39 is 10.0 Å². The standard InChI is InChI=1S/C14H18BrN3O2S/c1-4-5-13-14(10(2)18(3)16-13)17-21(19,20)12-8-6-11(15)7-9-12/h6-9,17H,4-5H2,1-3H3. The number of benzene rings is 1. The van der Waals surface area contributed by atoms with Gasteiger partial charge in [-0.3, -0.25) is 9.40 Å². The van der Waals surface area contributed by atoms with Crippen molar-refractivity contribution in [3.63, 3.8) is 0 Å². The van der Waals surface area contributed by atoms with Gasteiger partial charge >= 0.3 is 0 Å². The number of nitrogens with one attached hydrogen (secondary N) is 1. The molecule has 0 spiro atoms. The fourth-order valence-electron chi connectivity index (χ4n) is 2.03. The minimum atomic E-state index is -3.60. The highest BCUT2D eigenvalue weighted by Crippen LogP contribution is 2.25. The molecule has 21 heavy (non-hydrogen) atoms. The summed E-state index contributed by atoms with van der Waals surface area (Å²) in [6.45, 7) is 3.89. The van der Waals surface area contributed by atoms with Gasteiger partial charge < -0.3 is 0 Å². The van der Waals surface area contributed by atoms with Gasteiger partial charge in [0, 0.05) is 11.5 Å². The van der Waals surface area contributed by atoms with Crippen molar-refractivity contribution in [3.8, 4) is 0 Å². The molecule has 0 unspecified atom stereocenters. The maximum absolute atomic E-state index is 12.5. The van der Waals surface area contributed by atoms with Crippen molar-refractivity contribution in [1.29, 1.82) is 0 Å². The predicted molar refractivity (Wildman–Crippen MR) is 86.9 cm³/mol. The fraction of sp³-hybridized carbons (Fsp3) is 0.357. The van der Waals surface area contributed by atoms with Crippen molar-refractivity contribution in [2.45, 2.75) is 31.6 Å². The van der Waals surface area contributed by atoms with Gasteiger partial charge in [-0.1, -0.05) is 29.3 Å². The van der Waals surface area contributed by atoms with Crippen LogP contribution < -0.4 is 4.72 Å². The summed E-state index contributed by atoms with van der Waals surface area (Å²) in [5, 5.41) is 4.37. The van der Waals surface area contributed by atoms with Crippen molar-refractivity contribution in [1.82, 2.24) is 9.78 Å². The van der Waals surface area contributed by atoms with Gasteiger partial charge in [-0.05, 0) is 37.6 Å². The first-order valence-corrected chi connectivity index (χ1v) is 8.93. The first-order chi connectivity index (χ1) is 9.85. The van der Waals surface area contributed by atoms with E-state index in [-0.39, 0.29) is 4.90 Å². The Kier molecular flexibility index (Phi) is 4.73. The largest absolute Gasteiger partial charge is 0.276 e. The second-order valence-corrected chi connectivity index (χ2v) is 7.44. The van der Waals surface area contributed by atoms with Crippen LogP contribution in [0, 0.1) is 6.92 Å². The number of nitrogens with zero attached hydrogens (tertiary/aromatic N) is 2. The lowest BCUT2D eigenvalue weighted by Gasteiger charge is -2.09. The minimum Gasteiger partial charge on any atom is -0.276 e. The van der Waals surface area contributed by atoms with E-state index >= 15 is 0 Å². The molecular formula is C14H18BrN3O2S. The summed E-state index contributed by atoms with van der Waals surface area (Å²) >= 11 is 3.30. The summed E-state index contributed by atoms with van der Waals surface area (Å²) in [5.74, 6) is 0. The van der Waals surface area contributed by atoms with E-state index in [0.29, 0.717) is 5.69 Å². The lowest BCUT2D eigenvalue weighted by Crippen LogP contribution is -2.14. The number of hydrogen-bond acceptors (Lipinski definition) is 3. The monoisotopic (exact) mass is 371 g/mol. The number of aryl methyl sites for hydroxylation is 2. The Labute approximate surface area is 133 Å². The Morgan fingerprint density at radius 3 is 2.48 bits per heavy atom. The molecule has 0 amide bonds. The van der Waals surface area contributed by atoms with Crippen LogP contribution >= 0.6 is 15.9 Å². The summed E-state index contributed by atoms with van der Waals surface area (Å²) in [6, 6.07) is 6.55. The van der Waals surface area contributed by atoms with E-state index in [4.69, 9.17) is 0 Å². The topological polar surface area (TPSA) is 64.0 Å². The first-order valence-electron chi connectivity index (χ1n) is 6.66. The van der Waals surface area contributed by atoms with Crippen LogP contribution in [0.5, 0.6) is 0 Å². The molecule has 0 aliphatic rings. The van der Waals surface area contributed by atoms with Crippen LogP contribution in [0.15, 0.2) is 33.6 Å². The van der Waals surface area contributed by atoms with Crippen molar-refractivity contribution in [3.05, 3.63) is 40.1 Å². The van der Waals surface area contributed by atoms with E-state index in [1.807, 2.05) is 20.9 Å². The molecule has 1 N–H and O–H groups in total. The third kappa shape index (κ3) is 3.47. The molecule has 0 saturated carbocycles. The molecule has 0 bridgehead atoms. The summed E-state index contributed by atoms with van der Waals surface area (Å²) in [6.07, 6.45) is 1.64. The first kappa shape index (κ1) is 16.0. The van der Waals surface area contributed by atoms with Crippen molar-refractivity contribution in [2.24, 2.45) is 7.05 Å². The zero-order valence-electron chi connectivity index (χ0n) is 12.2. The third-order valence-electron chi connectivity index (χ3n) is 3.25. The second kappa shape index (κ2) is 6.19. The number of rotatable bonds is 5. The van der Waals surface area contributed by atoms with Crippen LogP contribution in [0.1, 0.15) is 24.7 Å². The molecule has 1 aromatic heterocycles. The van der Waals surface area contributed by atoms with Crippen LogP contribution in [-0.2, 0) is 23.5 Å². The molecular weight excluding hydrogens is 354 g/mol. The maximum atomic E-state index is 12.5. The van der Waals surface area contributed by atoms with Crippen molar-refractivity contribution in [2.75, 3.05) is 4.72 Å². The van der Waals surface area contributed by atoms with Crippen LogP contribution in [-0.4, -0.2) is 18.2 Å². The molecule has 1 heterocycles. The minimum absolute atomic E-state index is 0.233.